The van der Waals surface area contributed by atoms with Crippen LogP contribution in [-0.4, -0.2) is 42.0 Å². The molecule has 0 radical (unpaired) electrons. The van der Waals surface area contributed by atoms with E-state index in [9.17, 15) is 4.79 Å². The van der Waals surface area contributed by atoms with Crippen LogP contribution in [0.15, 0.2) is 12.1 Å². The van der Waals surface area contributed by atoms with Crippen LogP contribution in [0.5, 0.6) is 0 Å². The summed E-state index contributed by atoms with van der Waals surface area (Å²) in [5.74, 6) is 0.343. The molecule has 1 heterocycles. The summed E-state index contributed by atoms with van der Waals surface area (Å²) in [5, 5.41) is 2.95. The molecule has 1 aromatic heterocycles. The highest BCUT2D eigenvalue weighted by Gasteiger charge is 2.08. The van der Waals surface area contributed by atoms with Crippen LogP contribution >= 0.6 is 0 Å². The van der Waals surface area contributed by atoms with Crippen molar-refractivity contribution >= 4 is 11.7 Å². The summed E-state index contributed by atoms with van der Waals surface area (Å²) in [7, 11) is 0. The fourth-order valence-electron chi connectivity index (χ4n) is 2.27. The summed E-state index contributed by atoms with van der Waals surface area (Å²) in [4.78, 5) is 18.7. The number of aryl methyl sites for hydroxylation is 1. The van der Waals surface area contributed by atoms with E-state index in [0.29, 0.717) is 17.9 Å². The first-order valence-electron chi connectivity index (χ1n) is 7.87. The normalized spacial score (nSPS) is 10.9. The summed E-state index contributed by atoms with van der Waals surface area (Å²) < 4.78 is 0. The summed E-state index contributed by atoms with van der Waals surface area (Å²) in [6, 6.07) is 3.47. The molecule has 1 aromatic rings. The molecule has 5 nitrogen and oxygen atoms in total. The van der Waals surface area contributed by atoms with E-state index in [1.165, 1.54) is 0 Å². The molecule has 5 heteroatoms. The second-order valence-electron chi connectivity index (χ2n) is 5.16. The predicted octanol–water partition coefficient (Wildman–Crippen LogP) is 2.08. The molecule has 118 valence electrons. The van der Waals surface area contributed by atoms with E-state index < -0.39 is 0 Å². The van der Waals surface area contributed by atoms with Crippen molar-refractivity contribution in [1.29, 1.82) is 0 Å². The number of rotatable bonds is 9. The third-order valence-electron chi connectivity index (χ3n) is 3.50. The zero-order valence-electron chi connectivity index (χ0n) is 13.5. The smallest absolute Gasteiger partial charge is 0.251 e. The first-order valence-corrected chi connectivity index (χ1v) is 7.87. The molecule has 0 spiro atoms. The number of carbonyl (C=O) groups is 1. The van der Waals surface area contributed by atoms with Gasteiger partial charge in [-0.15, -0.1) is 0 Å². The number of nitrogens with one attached hydrogen (secondary N) is 1. The summed E-state index contributed by atoms with van der Waals surface area (Å²) in [6.07, 6.45) is 2.78. The van der Waals surface area contributed by atoms with Crippen molar-refractivity contribution in [2.75, 3.05) is 31.9 Å². The highest BCUT2D eigenvalue weighted by Crippen LogP contribution is 2.09. The molecule has 0 unspecified atom stereocenters. The van der Waals surface area contributed by atoms with Crippen molar-refractivity contribution in [3.63, 3.8) is 0 Å². The lowest BCUT2D eigenvalue weighted by Crippen LogP contribution is -2.30. The minimum atomic E-state index is -0.0685. The average Bonchev–Trinajstić information content (AvgIpc) is 2.47. The monoisotopic (exact) mass is 292 g/mol. The zero-order valence-corrected chi connectivity index (χ0v) is 13.5. The number of carbonyl (C=O) groups excluding carboxylic acids is 1. The number of amides is 1. The number of nitrogen functional groups attached to an aromatic ring is 1. The molecule has 0 aliphatic carbocycles. The van der Waals surface area contributed by atoms with Crippen LogP contribution in [0.1, 0.15) is 49.7 Å². The van der Waals surface area contributed by atoms with Gasteiger partial charge in [-0.25, -0.2) is 4.98 Å². The minimum absolute atomic E-state index is 0.0685. The van der Waals surface area contributed by atoms with E-state index in [4.69, 9.17) is 5.73 Å². The van der Waals surface area contributed by atoms with Gasteiger partial charge < -0.3 is 16.0 Å². The van der Waals surface area contributed by atoms with E-state index in [-0.39, 0.29) is 5.91 Å². The van der Waals surface area contributed by atoms with Crippen LogP contribution in [0.3, 0.4) is 0 Å². The fourth-order valence-corrected chi connectivity index (χ4v) is 2.27. The van der Waals surface area contributed by atoms with E-state index in [0.717, 1.165) is 44.6 Å². The van der Waals surface area contributed by atoms with Gasteiger partial charge in [0.15, 0.2) is 0 Å². The maximum atomic E-state index is 12.1. The number of aromatic nitrogens is 1. The van der Waals surface area contributed by atoms with Gasteiger partial charge in [0.1, 0.15) is 5.82 Å². The molecule has 0 aromatic carbocycles. The van der Waals surface area contributed by atoms with Crippen molar-refractivity contribution in [3.05, 3.63) is 23.4 Å². The maximum Gasteiger partial charge on any atom is 0.251 e. The van der Waals surface area contributed by atoms with Gasteiger partial charge in [0, 0.05) is 17.8 Å². The topological polar surface area (TPSA) is 71.2 Å². The van der Waals surface area contributed by atoms with Gasteiger partial charge in [0.2, 0.25) is 0 Å². The van der Waals surface area contributed by atoms with Crippen LogP contribution in [0.4, 0.5) is 5.82 Å². The third-order valence-corrected chi connectivity index (χ3v) is 3.50. The van der Waals surface area contributed by atoms with Crippen molar-refractivity contribution in [1.82, 2.24) is 15.2 Å². The highest BCUT2D eigenvalue weighted by atomic mass is 16.1. The predicted molar refractivity (Wildman–Crippen MR) is 87.4 cm³/mol. The van der Waals surface area contributed by atoms with Gasteiger partial charge in [-0.3, -0.25) is 4.79 Å². The lowest BCUT2D eigenvalue weighted by atomic mass is 10.1. The van der Waals surface area contributed by atoms with E-state index in [1.807, 2.05) is 6.07 Å². The molecule has 0 fully saturated rings. The van der Waals surface area contributed by atoms with E-state index in [2.05, 4.69) is 36.0 Å². The van der Waals surface area contributed by atoms with Gasteiger partial charge in [-0.1, -0.05) is 27.2 Å². The zero-order chi connectivity index (χ0) is 15.7. The molecule has 1 rings (SSSR count). The van der Waals surface area contributed by atoms with Crippen LogP contribution in [0.2, 0.25) is 0 Å². The number of hydrogen-bond donors (Lipinski definition) is 2. The van der Waals surface area contributed by atoms with Crippen molar-refractivity contribution in [3.8, 4) is 0 Å². The molecule has 0 saturated heterocycles. The molecule has 3 N–H and O–H groups in total. The Morgan fingerprint density at radius 1 is 1.29 bits per heavy atom. The number of nitrogens with two attached hydrogens (primary N) is 1. The first-order chi connectivity index (χ1) is 10.1. The second kappa shape index (κ2) is 9.34. The van der Waals surface area contributed by atoms with E-state index in [1.54, 1.807) is 6.07 Å². The largest absolute Gasteiger partial charge is 0.384 e. The number of anilines is 1. The molecular weight excluding hydrogens is 264 g/mol. The fraction of sp³-hybridized carbons (Fsp3) is 0.625. The number of hydrogen-bond acceptors (Lipinski definition) is 4. The van der Waals surface area contributed by atoms with Gasteiger partial charge in [0.25, 0.3) is 5.91 Å². The summed E-state index contributed by atoms with van der Waals surface area (Å²) >= 11 is 0. The highest BCUT2D eigenvalue weighted by molar-refractivity contribution is 5.94. The van der Waals surface area contributed by atoms with Crippen molar-refractivity contribution < 1.29 is 4.79 Å². The Labute approximate surface area is 127 Å². The molecule has 0 aliphatic heterocycles. The Kier molecular flexibility index (Phi) is 7.75. The summed E-state index contributed by atoms with van der Waals surface area (Å²) in [6.45, 7) is 10.2. The lowest BCUT2D eigenvalue weighted by Gasteiger charge is -2.17. The van der Waals surface area contributed by atoms with E-state index >= 15 is 0 Å². The minimum Gasteiger partial charge on any atom is -0.384 e. The Morgan fingerprint density at radius 3 is 2.62 bits per heavy atom. The molecule has 0 bridgehead atoms. The molecule has 1 amide bonds. The van der Waals surface area contributed by atoms with Gasteiger partial charge in [-0.05, 0) is 44.6 Å². The summed E-state index contributed by atoms with van der Waals surface area (Å²) in [5.41, 5.74) is 7.25. The lowest BCUT2D eigenvalue weighted by molar-refractivity contribution is 0.0951. The van der Waals surface area contributed by atoms with Crippen LogP contribution < -0.4 is 11.1 Å². The Balaban J connectivity index is 2.48. The molecule has 0 atom stereocenters. The first kappa shape index (κ1) is 17.4. The molecule has 0 saturated carbocycles. The quantitative estimate of drug-likeness (QED) is 0.684. The number of nitrogens with zero attached hydrogens (tertiary/aromatic N) is 2. The van der Waals surface area contributed by atoms with Crippen molar-refractivity contribution in [2.24, 2.45) is 0 Å². The van der Waals surface area contributed by atoms with Gasteiger partial charge in [0.05, 0.1) is 0 Å². The Morgan fingerprint density at radius 2 is 2.00 bits per heavy atom. The standard InChI is InChI=1S/C16H28N4O/c1-4-8-14-11-13(12-15(17)19-14)16(21)18-9-7-10-20(5-2)6-3/h11-12H,4-10H2,1-3H3,(H2,17,19)(H,18,21). The van der Waals surface area contributed by atoms with Crippen LogP contribution in [0, 0.1) is 0 Å². The molecular formula is C16H28N4O. The molecule has 0 aliphatic rings. The van der Waals surface area contributed by atoms with Crippen molar-refractivity contribution in [2.45, 2.75) is 40.0 Å². The Hall–Kier alpha value is -1.62. The van der Waals surface area contributed by atoms with Gasteiger partial charge in [-0.2, -0.15) is 0 Å². The SMILES string of the molecule is CCCc1cc(C(=O)NCCCN(CC)CC)cc(N)n1. The second-order valence-corrected chi connectivity index (χ2v) is 5.16. The Bertz CT molecular complexity index is 444. The number of pyridine rings is 1. The van der Waals surface area contributed by atoms with Crippen LogP contribution in [-0.2, 0) is 6.42 Å². The average molecular weight is 292 g/mol. The third kappa shape index (κ3) is 6.12. The maximum absolute atomic E-state index is 12.1. The molecule has 21 heavy (non-hydrogen) atoms. The van der Waals surface area contributed by atoms with Gasteiger partial charge >= 0.3 is 0 Å². The van der Waals surface area contributed by atoms with Crippen LogP contribution in [0.25, 0.3) is 0 Å².